The van der Waals surface area contributed by atoms with Crippen LogP contribution in [0.3, 0.4) is 0 Å². The molecule has 0 saturated heterocycles. The van der Waals surface area contributed by atoms with Gasteiger partial charge in [0, 0.05) is 29.9 Å². The van der Waals surface area contributed by atoms with Gasteiger partial charge in [-0.25, -0.2) is 4.98 Å². The van der Waals surface area contributed by atoms with E-state index in [-0.39, 0.29) is 5.91 Å². The zero-order chi connectivity index (χ0) is 21.5. The summed E-state index contributed by atoms with van der Waals surface area (Å²) in [6.07, 6.45) is 1.01. The van der Waals surface area contributed by atoms with Crippen LogP contribution >= 0.6 is 11.6 Å². The Morgan fingerprint density at radius 3 is 2.60 bits per heavy atom. The molecule has 1 aromatic heterocycles. The number of nitrogens with zero attached hydrogens (tertiary/aromatic N) is 1. The van der Waals surface area contributed by atoms with Crippen molar-refractivity contribution >= 4 is 17.5 Å². The number of rotatable bonds is 8. The van der Waals surface area contributed by atoms with Crippen LogP contribution in [0.15, 0.2) is 60.8 Å². The van der Waals surface area contributed by atoms with Gasteiger partial charge in [-0.2, -0.15) is 0 Å². The molecule has 0 radical (unpaired) electrons. The summed E-state index contributed by atoms with van der Waals surface area (Å²) in [5, 5.41) is 3.50. The fourth-order valence-corrected chi connectivity index (χ4v) is 2.76. The number of amides is 1. The van der Waals surface area contributed by atoms with Crippen LogP contribution in [0.5, 0.6) is 23.1 Å². The van der Waals surface area contributed by atoms with E-state index in [1.807, 2.05) is 31.2 Å². The van der Waals surface area contributed by atoms with E-state index in [1.165, 1.54) is 0 Å². The molecule has 0 saturated carbocycles. The lowest BCUT2D eigenvalue weighted by Crippen LogP contribution is -2.35. The van der Waals surface area contributed by atoms with Gasteiger partial charge < -0.3 is 19.5 Å². The lowest BCUT2D eigenvalue weighted by molar-refractivity contribution is -0.127. The molecule has 2 aromatic carbocycles. The number of carbonyl (C=O) groups excluding carboxylic acids is 1. The maximum absolute atomic E-state index is 12.3. The SMILES string of the molecule is COc1cccc(Oc2ccc(CNC(=O)C(C)Oc3ccc(Cl)c(C)c3)cn2)c1. The number of aryl methyl sites for hydroxylation is 1. The minimum absolute atomic E-state index is 0.223. The smallest absolute Gasteiger partial charge is 0.261 e. The van der Waals surface area contributed by atoms with Gasteiger partial charge in [-0.1, -0.05) is 23.7 Å². The zero-order valence-electron chi connectivity index (χ0n) is 17.0. The van der Waals surface area contributed by atoms with Crippen molar-refractivity contribution in [3.8, 4) is 23.1 Å². The third kappa shape index (κ3) is 5.87. The summed E-state index contributed by atoms with van der Waals surface area (Å²) < 4.78 is 16.6. The molecule has 1 amide bonds. The van der Waals surface area contributed by atoms with Crippen molar-refractivity contribution in [3.63, 3.8) is 0 Å². The lowest BCUT2D eigenvalue weighted by Gasteiger charge is -2.15. The van der Waals surface area contributed by atoms with E-state index in [4.69, 9.17) is 25.8 Å². The van der Waals surface area contributed by atoms with Crippen molar-refractivity contribution in [3.05, 3.63) is 76.9 Å². The lowest BCUT2D eigenvalue weighted by atomic mass is 10.2. The third-order valence-corrected chi connectivity index (χ3v) is 4.76. The summed E-state index contributed by atoms with van der Waals surface area (Å²) in [6, 6.07) is 16.2. The molecular formula is C23H23ClN2O4. The molecule has 1 heterocycles. The Morgan fingerprint density at radius 1 is 1.10 bits per heavy atom. The molecule has 0 fully saturated rings. The van der Waals surface area contributed by atoms with Crippen LogP contribution in [-0.2, 0) is 11.3 Å². The van der Waals surface area contributed by atoms with E-state index in [2.05, 4.69) is 10.3 Å². The first-order chi connectivity index (χ1) is 14.4. The summed E-state index contributed by atoms with van der Waals surface area (Å²) in [4.78, 5) is 16.6. The Balaban J connectivity index is 1.51. The van der Waals surface area contributed by atoms with Crippen LogP contribution in [0.25, 0.3) is 0 Å². The van der Waals surface area contributed by atoms with Gasteiger partial charge in [0.05, 0.1) is 7.11 Å². The van der Waals surface area contributed by atoms with Gasteiger partial charge in [-0.05, 0) is 55.3 Å². The highest BCUT2D eigenvalue weighted by Crippen LogP contribution is 2.24. The first-order valence-corrected chi connectivity index (χ1v) is 9.80. The Hall–Kier alpha value is -3.25. The normalized spacial score (nSPS) is 11.5. The molecule has 1 N–H and O–H groups in total. The van der Waals surface area contributed by atoms with Crippen molar-refractivity contribution in [2.75, 3.05) is 7.11 Å². The molecule has 6 nitrogen and oxygen atoms in total. The number of methoxy groups -OCH3 is 1. The average Bonchev–Trinajstić information content (AvgIpc) is 2.75. The second-order valence-corrected chi connectivity index (χ2v) is 7.08. The van der Waals surface area contributed by atoms with Gasteiger partial charge in [-0.3, -0.25) is 4.79 Å². The molecule has 0 spiro atoms. The molecule has 0 aliphatic heterocycles. The summed E-state index contributed by atoms with van der Waals surface area (Å²) in [6.45, 7) is 3.91. The van der Waals surface area contributed by atoms with Gasteiger partial charge in [0.25, 0.3) is 5.91 Å². The highest BCUT2D eigenvalue weighted by Gasteiger charge is 2.15. The Bertz CT molecular complexity index is 1010. The third-order valence-electron chi connectivity index (χ3n) is 4.34. The van der Waals surface area contributed by atoms with E-state index in [0.29, 0.717) is 34.7 Å². The van der Waals surface area contributed by atoms with E-state index in [9.17, 15) is 4.79 Å². The largest absolute Gasteiger partial charge is 0.497 e. The molecule has 7 heteroatoms. The van der Waals surface area contributed by atoms with Crippen molar-refractivity contribution < 1.29 is 19.0 Å². The predicted octanol–water partition coefficient (Wildman–Crippen LogP) is 4.93. The zero-order valence-corrected chi connectivity index (χ0v) is 17.8. The van der Waals surface area contributed by atoms with Crippen molar-refractivity contribution in [1.29, 1.82) is 0 Å². The molecule has 3 aromatic rings. The van der Waals surface area contributed by atoms with Crippen LogP contribution in [0, 0.1) is 6.92 Å². The molecule has 1 atom stereocenters. The number of nitrogens with one attached hydrogen (secondary N) is 1. The van der Waals surface area contributed by atoms with Crippen LogP contribution in [0.2, 0.25) is 5.02 Å². The molecule has 1 unspecified atom stereocenters. The highest BCUT2D eigenvalue weighted by atomic mass is 35.5. The van der Waals surface area contributed by atoms with Crippen LogP contribution in [0.4, 0.5) is 0 Å². The summed E-state index contributed by atoms with van der Waals surface area (Å²) in [7, 11) is 1.60. The molecule has 0 bridgehead atoms. The minimum Gasteiger partial charge on any atom is -0.497 e. The Labute approximate surface area is 180 Å². The number of benzene rings is 2. The maximum Gasteiger partial charge on any atom is 0.261 e. The van der Waals surface area contributed by atoms with Crippen LogP contribution < -0.4 is 19.5 Å². The number of ether oxygens (including phenoxy) is 3. The summed E-state index contributed by atoms with van der Waals surface area (Å²) in [5.74, 6) is 2.16. The standard InChI is InChI=1S/C23H23ClN2O4/c1-15-11-20(8-9-21(15)24)29-16(2)23(27)26-14-17-7-10-22(25-13-17)30-19-6-4-5-18(12-19)28-3/h4-13,16H,14H2,1-3H3,(H,26,27). The maximum atomic E-state index is 12.3. The van der Waals surface area contributed by atoms with E-state index >= 15 is 0 Å². The number of hydrogen-bond acceptors (Lipinski definition) is 5. The number of carbonyl (C=O) groups is 1. The highest BCUT2D eigenvalue weighted by molar-refractivity contribution is 6.31. The van der Waals surface area contributed by atoms with Crippen LogP contribution in [0.1, 0.15) is 18.1 Å². The second kappa shape index (κ2) is 9.98. The minimum atomic E-state index is -0.644. The summed E-state index contributed by atoms with van der Waals surface area (Å²) in [5.41, 5.74) is 1.74. The number of halogens is 1. The fraction of sp³-hybridized carbons (Fsp3) is 0.217. The van der Waals surface area contributed by atoms with E-state index in [1.54, 1.807) is 50.6 Å². The summed E-state index contributed by atoms with van der Waals surface area (Å²) >= 11 is 6.01. The Kier molecular flexibility index (Phi) is 7.14. The molecule has 156 valence electrons. The Morgan fingerprint density at radius 2 is 1.90 bits per heavy atom. The van der Waals surface area contributed by atoms with Crippen molar-refractivity contribution in [2.45, 2.75) is 26.5 Å². The number of hydrogen-bond donors (Lipinski definition) is 1. The average molecular weight is 427 g/mol. The topological polar surface area (TPSA) is 69.7 Å². The van der Waals surface area contributed by atoms with Crippen molar-refractivity contribution in [1.82, 2.24) is 10.3 Å². The quantitative estimate of drug-likeness (QED) is 0.553. The first kappa shape index (κ1) is 21.5. The second-order valence-electron chi connectivity index (χ2n) is 6.67. The van der Waals surface area contributed by atoms with Crippen molar-refractivity contribution in [2.24, 2.45) is 0 Å². The number of aromatic nitrogens is 1. The molecule has 0 aliphatic carbocycles. The number of pyridine rings is 1. The molecular weight excluding hydrogens is 404 g/mol. The van der Waals surface area contributed by atoms with E-state index < -0.39 is 6.10 Å². The van der Waals surface area contributed by atoms with Gasteiger partial charge in [0.1, 0.15) is 17.2 Å². The fourth-order valence-electron chi connectivity index (χ4n) is 2.64. The molecule has 0 aliphatic rings. The van der Waals surface area contributed by atoms with Gasteiger partial charge >= 0.3 is 0 Å². The first-order valence-electron chi connectivity index (χ1n) is 9.42. The predicted molar refractivity (Wildman–Crippen MR) is 115 cm³/mol. The van der Waals surface area contributed by atoms with Crippen LogP contribution in [-0.4, -0.2) is 24.1 Å². The van der Waals surface area contributed by atoms with E-state index in [0.717, 1.165) is 11.1 Å². The van der Waals surface area contributed by atoms with Gasteiger partial charge in [0.2, 0.25) is 5.88 Å². The molecule has 30 heavy (non-hydrogen) atoms. The van der Waals surface area contributed by atoms with Gasteiger partial charge in [0.15, 0.2) is 6.10 Å². The molecule has 3 rings (SSSR count). The van der Waals surface area contributed by atoms with Gasteiger partial charge in [-0.15, -0.1) is 0 Å². The monoisotopic (exact) mass is 426 g/mol.